The fourth-order valence-corrected chi connectivity index (χ4v) is 3.10. The SMILES string of the molecule is Clc1ccc(-c2nn3c(-c4cnccn4)nnc3c3ccccc23)cc1. The average Bonchev–Trinajstić information content (AvgIpc) is 3.13. The highest BCUT2D eigenvalue weighted by Gasteiger charge is 2.16. The largest absolute Gasteiger partial charge is 0.261 e. The maximum absolute atomic E-state index is 6.04. The number of hydrogen-bond acceptors (Lipinski definition) is 5. The quantitative estimate of drug-likeness (QED) is 0.476. The van der Waals surface area contributed by atoms with E-state index in [2.05, 4.69) is 20.2 Å². The van der Waals surface area contributed by atoms with Crippen LogP contribution in [0.2, 0.25) is 5.02 Å². The third kappa shape index (κ3) is 2.31. The van der Waals surface area contributed by atoms with E-state index in [1.807, 2.05) is 48.5 Å². The zero-order valence-electron chi connectivity index (χ0n) is 13.4. The van der Waals surface area contributed by atoms with Crippen LogP contribution in [0.1, 0.15) is 0 Å². The van der Waals surface area contributed by atoms with Crippen molar-refractivity contribution in [3.63, 3.8) is 0 Å². The number of fused-ring (bicyclic) bond motifs is 3. The second kappa shape index (κ2) is 5.86. The van der Waals surface area contributed by atoms with Crippen LogP contribution in [0.4, 0.5) is 0 Å². The first-order chi connectivity index (χ1) is 12.8. The van der Waals surface area contributed by atoms with Gasteiger partial charge in [0.2, 0.25) is 5.82 Å². The van der Waals surface area contributed by atoms with Crippen molar-refractivity contribution in [1.29, 1.82) is 0 Å². The predicted octanol–water partition coefficient (Wildman–Crippen LogP) is 4.05. The lowest BCUT2D eigenvalue weighted by atomic mass is 10.1. The molecule has 26 heavy (non-hydrogen) atoms. The number of rotatable bonds is 2. The molecule has 7 heteroatoms. The smallest absolute Gasteiger partial charge is 0.205 e. The van der Waals surface area contributed by atoms with E-state index >= 15 is 0 Å². The molecule has 0 bridgehead atoms. The van der Waals surface area contributed by atoms with Crippen LogP contribution >= 0.6 is 11.6 Å². The molecule has 0 spiro atoms. The molecule has 0 atom stereocenters. The molecule has 0 radical (unpaired) electrons. The molecule has 0 N–H and O–H groups in total. The molecule has 0 aliphatic carbocycles. The van der Waals surface area contributed by atoms with E-state index in [9.17, 15) is 0 Å². The van der Waals surface area contributed by atoms with Gasteiger partial charge in [-0.05, 0) is 12.1 Å². The minimum atomic E-state index is 0.550. The van der Waals surface area contributed by atoms with Crippen LogP contribution in [0.15, 0.2) is 67.1 Å². The van der Waals surface area contributed by atoms with Crippen LogP contribution in [0.3, 0.4) is 0 Å². The lowest BCUT2D eigenvalue weighted by Crippen LogP contribution is -2.00. The average molecular weight is 359 g/mol. The van der Waals surface area contributed by atoms with Crippen LogP contribution in [-0.2, 0) is 0 Å². The van der Waals surface area contributed by atoms with Crippen molar-refractivity contribution in [2.75, 3.05) is 0 Å². The fourth-order valence-electron chi connectivity index (χ4n) is 2.98. The Labute approximate surface area is 153 Å². The van der Waals surface area contributed by atoms with Gasteiger partial charge in [0.1, 0.15) is 5.69 Å². The summed E-state index contributed by atoms with van der Waals surface area (Å²) in [4.78, 5) is 8.44. The van der Waals surface area contributed by atoms with Gasteiger partial charge in [-0.1, -0.05) is 48.0 Å². The predicted molar refractivity (Wildman–Crippen MR) is 99.8 cm³/mol. The number of nitrogens with zero attached hydrogens (tertiary/aromatic N) is 6. The Morgan fingerprint density at radius 2 is 1.65 bits per heavy atom. The number of benzene rings is 2. The topological polar surface area (TPSA) is 68.9 Å². The van der Waals surface area contributed by atoms with Crippen molar-refractivity contribution >= 4 is 28.0 Å². The Kier molecular flexibility index (Phi) is 3.36. The highest BCUT2D eigenvalue weighted by Crippen LogP contribution is 2.30. The Balaban J connectivity index is 1.87. The normalized spacial score (nSPS) is 11.3. The van der Waals surface area contributed by atoms with E-state index < -0.39 is 0 Å². The van der Waals surface area contributed by atoms with E-state index in [4.69, 9.17) is 16.7 Å². The Hall–Kier alpha value is -3.38. The highest BCUT2D eigenvalue weighted by atomic mass is 35.5. The summed E-state index contributed by atoms with van der Waals surface area (Å²) in [6.07, 6.45) is 4.89. The van der Waals surface area contributed by atoms with Gasteiger partial charge >= 0.3 is 0 Å². The van der Waals surface area contributed by atoms with Crippen molar-refractivity contribution < 1.29 is 0 Å². The molecule has 0 amide bonds. The van der Waals surface area contributed by atoms with E-state index in [0.29, 0.717) is 22.2 Å². The molecular formula is C19H11ClN6. The second-order valence-corrected chi connectivity index (χ2v) is 6.19. The van der Waals surface area contributed by atoms with Gasteiger partial charge in [0.15, 0.2) is 5.65 Å². The first-order valence-corrected chi connectivity index (χ1v) is 8.35. The van der Waals surface area contributed by atoms with Gasteiger partial charge in [-0.3, -0.25) is 4.98 Å². The first kappa shape index (κ1) is 14.9. The van der Waals surface area contributed by atoms with Gasteiger partial charge in [0.05, 0.1) is 11.9 Å². The molecular weight excluding hydrogens is 348 g/mol. The Morgan fingerprint density at radius 1 is 0.846 bits per heavy atom. The minimum Gasteiger partial charge on any atom is -0.261 e. The molecule has 5 aromatic rings. The molecule has 0 unspecified atom stereocenters. The molecule has 124 valence electrons. The maximum Gasteiger partial charge on any atom is 0.205 e. The Bertz CT molecular complexity index is 1230. The highest BCUT2D eigenvalue weighted by molar-refractivity contribution is 6.30. The molecule has 3 aromatic heterocycles. The van der Waals surface area contributed by atoms with Crippen LogP contribution in [0.25, 0.3) is 39.2 Å². The third-order valence-electron chi connectivity index (χ3n) is 4.17. The van der Waals surface area contributed by atoms with Gasteiger partial charge in [-0.2, -0.15) is 9.61 Å². The summed E-state index contributed by atoms with van der Waals surface area (Å²) in [5, 5.41) is 16.1. The first-order valence-electron chi connectivity index (χ1n) is 7.98. The van der Waals surface area contributed by atoms with Gasteiger partial charge in [0, 0.05) is 33.8 Å². The molecule has 0 aliphatic heterocycles. The molecule has 5 rings (SSSR count). The van der Waals surface area contributed by atoms with Gasteiger partial charge in [-0.25, -0.2) is 4.98 Å². The number of halogens is 1. The summed E-state index contributed by atoms with van der Waals surface area (Å²) in [7, 11) is 0. The summed E-state index contributed by atoms with van der Waals surface area (Å²) < 4.78 is 1.72. The van der Waals surface area contributed by atoms with Gasteiger partial charge < -0.3 is 0 Å². The summed E-state index contributed by atoms with van der Waals surface area (Å²) in [5.74, 6) is 0.550. The zero-order valence-corrected chi connectivity index (χ0v) is 14.2. The molecule has 0 aliphatic rings. The summed E-state index contributed by atoms with van der Waals surface area (Å²) >= 11 is 6.04. The van der Waals surface area contributed by atoms with E-state index in [0.717, 1.165) is 22.0 Å². The monoisotopic (exact) mass is 358 g/mol. The lowest BCUT2D eigenvalue weighted by Gasteiger charge is -2.08. The van der Waals surface area contributed by atoms with Crippen LogP contribution in [0.5, 0.6) is 0 Å². The van der Waals surface area contributed by atoms with E-state index in [-0.39, 0.29) is 0 Å². The van der Waals surface area contributed by atoms with Crippen molar-refractivity contribution in [2.45, 2.75) is 0 Å². The van der Waals surface area contributed by atoms with Crippen molar-refractivity contribution in [1.82, 2.24) is 29.8 Å². The summed E-state index contributed by atoms with van der Waals surface area (Å²) in [5.41, 5.74) is 3.09. The lowest BCUT2D eigenvalue weighted by molar-refractivity contribution is 0.941. The van der Waals surface area contributed by atoms with Gasteiger partial charge in [0.25, 0.3) is 0 Å². The van der Waals surface area contributed by atoms with Crippen molar-refractivity contribution in [3.8, 4) is 22.8 Å². The molecule has 2 aromatic carbocycles. The minimum absolute atomic E-state index is 0.550. The van der Waals surface area contributed by atoms with Gasteiger partial charge in [-0.15, -0.1) is 10.2 Å². The molecule has 6 nitrogen and oxygen atoms in total. The van der Waals surface area contributed by atoms with E-state index in [1.54, 1.807) is 23.1 Å². The number of aromatic nitrogens is 6. The third-order valence-corrected chi connectivity index (χ3v) is 4.43. The van der Waals surface area contributed by atoms with Crippen LogP contribution in [-0.4, -0.2) is 29.8 Å². The molecule has 0 saturated carbocycles. The van der Waals surface area contributed by atoms with Crippen LogP contribution in [0, 0.1) is 0 Å². The summed E-state index contributed by atoms with van der Waals surface area (Å²) in [6.45, 7) is 0. The molecule has 0 fully saturated rings. The Morgan fingerprint density at radius 3 is 2.42 bits per heavy atom. The standard InChI is InChI=1S/C19H11ClN6/c20-13-7-5-12(6-8-13)17-14-3-1-2-4-15(14)18-23-24-19(26(18)25-17)16-11-21-9-10-22-16/h1-11H. The maximum atomic E-state index is 6.04. The van der Waals surface area contributed by atoms with E-state index in [1.165, 1.54) is 0 Å². The second-order valence-electron chi connectivity index (χ2n) is 5.75. The van der Waals surface area contributed by atoms with Crippen LogP contribution < -0.4 is 0 Å². The molecule has 3 heterocycles. The fraction of sp³-hybridized carbons (Fsp3) is 0. The molecule has 0 saturated heterocycles. The van der Waals surface area contributed by atoms with Crippen molar-refractivity contribution in [3.05, 3.63) is 72.1 Å². The van der Waals surface area contributed by atoms with Crippen molar-refractivity contribution in [2.24, 2.45) is 0 Å². The summed E-state index contributed by atoms with van der Waals surface area (Å²) in [6, 6.07) is 15.6. The zero-order chi connectivity index (χ0) is 17.5. The number of hydrogen-bond donors (Lipinski definition) is 0.